The van der Waals surface area contributed by atoms with Crippen molar-refractivity contribution in [2.24, 2.45) is 5.28 Å². The van der Waals surface area contributed by atoms with E-state index >= 15 is 0 Å². The first-order valence-corrected chi connectivity index (χ1v) is 9.07. The van der Waals surface area contributed by atoms with Gasteiger partial charge in [-0.05, 0) is 17.7 Å². The van der Waals surface area contributed by atoms with Gasteiger partial charge in [0.25, 0.3) is 0 Å². The molecule has 1 unspecified atom stereocenters. The molecule has 0 fully saturated rings. The molecular weight excluding hydrogens is 418 g/mol. The van der Waals surface area contributed by atoms with Crippen LogP contribution in [0.2, 0.25) is 0 Å². The van der Waals surface area contributed by atoms with E-state index in [1.54, 1.807) is 6.92 Å². The average Bonchev–Trinajstić information content (AvgIpc) is 2.75. The largest absolute Gasteiger partial charge is 0.462 e. The maximum atomic E-state index is 11.9. The maximum Gasteiger partial charge on any atom is 0.411 e. The van der Waals surface area contributed by atoms with E-state index in [0.717, 1.165) is 0 Å². The van der Waals surface area contributed by atoms with Crippen LogP contribution in [0.4, 0.5) is 21.0 Å². The van der Waals surface area contributed by atoms with Crippen molar-refractivity contribution in [1.82, 2.24) is 0 Å². The molecule has 0 saturated heterocycles. The first-order chi connectivity index (χ1) is 14.9. The van der Waals surface area contributed by atoms with E-state index in [-0.39, 0.29) is 49.8 Å². The van der Waals surface area contributed by atoms with Crippen LogP contribution < -0.4 is 15.5 Å². The number of nitrogens with zero attached hydrogens (tertiary/aromatic N) is 3. The predicted molar refractivity (Wildman–Crippen MR) is 105 cm³/mol. The van der Waals surface area contributed by atoms with E-state index in [1.807, 2.05) is 0 Å². The second-order valence-corrected chi connectivity index (χ2v) is 5.67. The fourth-order valence-corrected chi connectivity index (χ4v) is 1.95. The van der Waals surface area contributed by atoms with Gasteiger partial charge in [-0.15, -0.1) is 0 Å². The van der Waals surface area contributed by atoms with E-state index in [4.69, 9.17) is 29.7 Å². The molecule has 0 aromatic heterocycles. The molecule has 0 bridgehead atoms. The predicted octanol–water partition coefficient (Wildman–Crippen LogP) is 2.08. The van der Waals surface area contributed by atoms with Gasteiger partial charge in [-0.2, -0.15) is 0 Å². The van der Waals surface area contributed by atoms with E-state index in [0.29, 0.717) is 0 Å². The summed E-state index contributed by atoms with van der Waals surface area (Å²) in [5.41, 5.74) is 8.49. The lowest BCUT2D eigenvalue weighted by Crippen LogP contribution is -2.20. The highest BCUT2D eigenvalue weighted by Gasteiger charge is 2.16. The van der Waals surface area contributed by atoms with Crippen molar-refractivity contribution in [2.75, 3.05) is 37.1 Å². The summed E-state index contributed by atoms with van der Waals surface area (Å²) in [5.74, 6) is -0.646. The number of benzene rings is 1. The van der Waals surface area contributed by atoms with Crippen LogP contribution in [-0.4, -0.2) is 60.9 Å². The molecule has 170 valence electrons. The maximum absolute atomic E-state index is 11.9. The minimum atomic E-state index is -1.03. The van der Waals surface area contributed by atoms with Crippen molar-refractivity contribution >= 4 is 29.5 Å². The van der Waals surface area contributed by atoms with Crippen molar-refractivity contribution in [2.45, 2.75) is 25.9 Å². The first kappa shape index (κ1) is 25.3. The Hall–Kier alpha value is -3.74. The van der Waals surface area contributed by atoms with E-state index < -0.39 is 30.9 Å². The third-order valence-electron chi connectivity index (χ3n) is 3.42. The summed E-state index contributed by atoms with van der Waals surface area (Å²) in [4.78, 5) is 42.2. The Morgan fingerprint density at radius 3 is 2.23 bits per heavy atom. The summed E-state index contributed by atoms with van der Waals surface area (Å²) in [6.07, 6.45) is -2.66. The lowest BCUT2D eigenvalue weighted by Gasteiger charge is -2.14. The average molecular weight is 441 g/mol. The number of amides is 2. The zero-order chi connectivity index (χ0) is 23.1. The quantitative estimate of drug-likeness (QED) is 0.0712. The van der Waals surface area contributed by atoms with Crippen LogP contribution in [0.1, 0.15) is 19.8 Å². The van der Waals surface area contributed by atoms with Gasteiger partial charge in [-0.1, -0.05) is 13.0 Å². The molecule has 0 heterocycles. The van der Waals surface area contributed by atoms with Gasteiger partial charge >= 0.3 is 18.2 Å². The number of carbonyl (C=O) groups excluding carboxylic acids is 3. The van der Waals surface area contributed by atoms with Gasteiger partial charge in [0.05, 0.1) is 30.7 Å². The molecule has 1 atom stereocenters. The Morgan fingerprint density at radius 1 is 1.10 bits per heavy atom. The number of hydrogen-bond acceptors (Lipinski definition) is 10. The molecular formula is C17H23N5O9. The van der Waals surface area contributed by atoms with E-state index in [2.05, 4.69) is 20.8 Å². The number of carbonyl (C=O) groups is 3. The Morgan fingerprint density at radius 2 is 1.68 bits per heavy atom. The van der Waals surface area contributed by atoms with E-state index in [1.165, 1.54) is 18.2 Å². The van der Waals surface area contributed by atoms with Crippen LogP contribution in [0.15, 0.2) is 23.5 Å². The van der Waals surface area contributed by atoms with Gasteiger partial charge in [0.15, 0.2) is 5.75 Å². The van der Waals surface area contributed by atoms with Crippen molar-refractivity contribution in [3.63, 3.8) is 0 Å². The summed E-state index contributed by atoms with van der Waals surface area (Å²) in [6, 6.07) is 4.22. The molecule has 1 aromatic rings. The summed E-state index contributed by atoms with van der Waals surface area (Å²) >= 11 is 0. The topological polar surface area (TPSA) is 201 Å². The highest BCUT2D eigenvalue weighted by Crippen LogP contribution is 2.34. The third-order valence-corrected chi connectivity index (χ3v) is 3.42. The van der Waals surface area contributed by atoms with Crippen LogP contribution in [-0.2, 0) is 19.0 Å². The minimum absolute atomic E-state index is 0.00328. The molecule has 0 aliphatic carbocycles. The Kier molecular flexibility index (Phi) is 11.6. The van der Waals surface area contributed by atoms with Crippen LogP contribution in [0.3, 0.4) is 0 Å². The normalized spacial score (nSPS) is 10.8. The highest BCUT2D eigenvalue weighted by molar-refractivity contribution is 5.93. The van der Waals surface area contributed by atoms with Gasteiger partial charge in [0.2, 0.25) is 0 Å². The van der Waals surface area contributed by atoms with Crippen LogP contribution in [0.5, 0.6) is 5.75 Å². The molecule has 1 aromatic carbocycles. The first-order valence-electron chi connectivity index (χ1n) is 9.07. The minimum Gasteiger partial charge on any atom is -0.462 e. The van der Waals surface area contributed by atoms with Crippen LogP contribution in [0, 0.1) is 0 Å². The smallest absolute Gasteiger partial charge is 0.411 e. The number of rotatable bonds is 12. The number of ether oxygens (including phenoxy) is 3. The summed E-state index contributed by atoms with van der Waals surface area (Å²) in [7, 11) is 0. The van der Waals surface area contributed by atoms with Crippen LogP contribution in [0.25, 0.3) is 10.4 Å². The molecule has 14 nitrogen and oxygen atoms in total. The van der Waals surface area contributed by atoms with Crippen molar-refractivity contribution < 1.29 is 43.6 Å². The fraction of sp³-hybridized carbons (Fsp3) is 0.471. The van der Waals surface area contributed by atoms with Gasteiger partial charge in [0.1, 0.15) is 18.5 Å². The van der Waals surface area contributed by atoms with Gasteiger partial charge < -0.3 is 29.3 Å². The zero-order valence-corrected chi connectivity index (χ0v) is 16.6. The number of aliphatic hydroxyl groups is 2. The fourth-order valence-electron chi connectivity index (χ4n) is 1.95. The molecule has 14 heteroatoms. The molecule has 0 radical (unpaired) electrons. The van der Waals surface area contributed by atoms with Gasteiger partial charge in [-0.25, -0.2) is 9.59 Å². The number of hydrogen-bond donors (Lipinski definition) is 4. The second-order valence-electron chi connectivity index (χ2n) is 5.67. The molecule has 0 aliphatic heterocycles. The van der Waals surface area contributed by atoms with Gasteiger partial charge in [-0.3, -0.25) is 15.4 Å². The number of aliphatic hydroxyl groups excluding tert-OH is 2. The Balaban J connectivity index is 2.75. The van der Waals surface area contributed by atoms with E-state index in [9.17, 15) is 19.5 Å². The van der Waals surface area contributed by atoms with Crippen molar-refractivity contribution in [3.8, 4) is 5.75 Å². The van der Waals surface area contributed by atoms with Crippen molar-refractivity contribution in [1.29, 1.82) is 0 Å². The number of anilines is 2. The molecule has 0 saturated carbocycles. The van der Waals surface area contributed by atoms with Gasteiger partial charge in [0, 0.05) is 17.8 Å². The zero-order valence-electron chi connectivity index (χ0n) is 16.6. The number of azide groups is 1. The highest BCUT2D eigenvalue weighted by atomic mass is 16.6. The Labute approximate surface area is 176 Å². The lowest BCUT2D eigenvalue weighted by atomic mass is 10.2. The molecule has 0 spiro atoms. The summed E-state index contributed by atoms with van der Waals surface area (Å²) in [6.45, 7) is 0.651. The molecule has 31 heavy (non-hydrogen) atoms. The summed E-state index contributed by atoms with van der Waals surface area (Å²) < 4.78 is 14.5. The Bertz CT molecular complexity index is 798. The lowest BCUT2D eigenvalue weighted by molar-refractivity contribution is -0.144. The third kappa shape index (κ3) is 10.0. The number of esters is 1. The number of nitrogens with one attached hydrogen (secondary N) is 2. The van der Waals surface area contributed by atoms with Crippen molar-refractivity contribution in [3.05, 3.63) is 28.6 Å². The molecule has 0 aliphatic rings. The molecule has 1 rings (SSSR count). The monoisotopic (exact) mass is 441 g/mol. The number of para-hydroxylation sites is 1. The van der Waals surface area contributed by atoms with Crippen LogP contribution >= 0.6 is 0 Å². The SMILES string of the molecule is CCC(=O)OCCOC(=O)Nc1cccc(NC(=O)OCCC(O)CO)c1ON=[N+]=[N-]. The molecule has 4 N–H and O–H groups in total. The standard InChI is InChI=1S/C17H23N5O9/c1-2-14(25)28-8-9-30-17(27)20-13-5-3-4-12(15(13)31-22-21-18)19-16(26)29-7-6-11(24)10-23/h3-5,11,23-24H,2,6-10H2,1H3,(H,19,26)(H,20,27). The summed E-state index contributed by atoms with van der Waals surface area (Å²) in [5, 5.41) is 25.6. The molecule has 2 amide bonds. The second kappa shape index (κ2) is 14.3.